The van der Waals surface area contributed by atoms with Crippen molar-refractivity contribution < 1.29 is 23.9 Å². The van der Waals surface area contributed by atoms with Gasteiger partial charge in [0.05, 0.1) is 6.04 Å². The zero-order chi connectivity index (χ0) is 32.7. The second kappa shape index (κ2) is 15.2. The van der Waals surface area contributed by atoms with Crippen molar-refractivity contribution in [2.75, 3.05) is 20.6 Å². The summed E-state index contributed by atoms with van der Waals surface area (Å²) in [6, 6.07) is 13.6. The van der Waals surface area contributed by atoms with E-state index in [-0.39, 0.29) is 42.5 Å². The highest BCUT2D eigenvalue weighted by Crippen LogP contribution is 2.27. The Kier molecular flexibility index (Phi) is 11.4. The van der Waals surface area contributed by atoms with E-state index in [0.29, 0.717) is 12.2 Å². The Morgan fingerprint density at radius 2 is 1.71 bits per heavy atom. The molecule has 10 nitrogen and oxygen atoms in total. The van der Waals surface area contributed by atoms with Crippen LogP contribution < -0.4 is 20.7 Å². The van der Waals surface area contributed by atoms with E-state index in [1.807, 2.05) is 89.2 Å². The van der Waals surface area contributed by atoms with Gasteiger partial charge in [-0.05, 0) is 55.3 Å². The average Bonchev–Trinajstić information content (AvgIpc) is 3.43. The van der Waals surface area contributed by atoms with Crippen molar-refractivity contribution in [2.45, 2.75) is 77.2 Å². The summed E-state index contributed by atoms with van der Waals surface area (Å²) in [7, 11) is 3.71. The summed E-state index contributed by atoms with van der Waals surface area (Å²) in [5, 5.41) is 8.74. The molecule has 1 fully saturated rings. The number of likely N-dealkylation sites (N-methyl/N-ethyl adjacent to an activating group) is 1. The molecule has 1 saturated heterocycles. The maximum Gasteiger partial charge on any atom is 0.247 e. The van der Waals surface area contributed by atoms with Crippen molar-refractivity contribution in [2.24, 2.45) is 11.8 Å². The van der Waals surface area contributed by atoms with Crippen LogP contribution in [0.1, 0.15) is 51.7 Å². The molecule has 2 aromatic rings. The van der Waals surface area contributed by atoms with Gasteiger partial charge in [0.2, 0.25) is 23.6 Å². The third-order valence-electron chi connectivity index (χ3n) is 8.72. The number of hydrogen-bond acceptors (Lipinski definition) is 6. The Morgan fingerprint density at radius 1 is 1.02 bits per heavy atom. The van der Waals surface area contributed by atoms with Crippen molar-refractivity contribution in [3.05, 3.63) is 71.9 Å². The smallest absolute Gasteiger partial charge is 0.247 e. The van der Waals surface area contributed by atoms with Gasteiger partial charge in [0.25, 0.3) is 0 Å². The predicted octanol–water partition coefficient (Wildman–Crippen LogP) is 2.98. The number of likely N-dealkylation sites (tertiary alicyclic amines) is 1. The van der Waals surface area contributed by atoms with E-state index >= 15 is 0 Å². The minimum atomic E-state index is -1.01. The molecule has 6 atom stereocenters. The molecule has 242 valence electrons. The number of benzene rings is 2. The van der Waals surface area contributed by atoms with Crippen molar-refractivity contribution in [1.29, 1.82) is 0 Å². The summed E-state index contributed by atoms with van der Waals surface area (Å²) in [4.78, 5) is 58.7. The van der Waals surface area contributed by atoms with Crippen molar-refractivity contribution in [3.63, 3.8) is 0 Å². The SMILES string of the molecule is CC[C@H](C)[C@@H](C(=O)N[C@H](C(=O)N1CC[C@@H]2Oc3ccc(cc3)C=CNC(=O)[C@@H](Cc3ccccc3)NC(=O)[C@H]21)C(C)C)N(C)C. The van der Waals surface area contributed by atoms with Gasteiger partial charge in [0.1, 0.15) is 30.0 Å². The molecule has 3 aliphatic rings. The molecular weight excluding hydrogens is 570 g/mol. The Bertz CT molecular complexity index is 1360. The third kappa shape index (κ3) is 8.30. The van der Waals surface area contributed by atoms with E-state index in [9.17, 15) is 19.2 Å². The lowest BCUT2D eigenvalue weighted by molar-refractivity contribution is -0.145. The lowest BCUT2D eigenvalue weighted by Gasteiger charge is -2.35. The number of carbonyl (C=O) groups excluding carboxylic acids is 4. The van der Waals surface area contributed by atoms with E-state index in [2.05, 4.69) is 16.0 Å². The molecule has 2 bridgehead atoms. The molecule has 2 aromatic carbocycles. The average molecular weight is 618 g/mol. The van der Waals surface area contributed by atoms with E-state index in [0.717, 1.165) is 17.5 Å². The highest BCUT2D eigenvalue weighted by atomic mass is 16.5. The normalized spacial score (nSPS) is 22.1. The molecule has 10 heteroatoms. The molecule has 3 N–H and O–H groups in total. The Hall–Kier alpha value is -4.18. The van der Waals surface area contributed by atoms with Crippen LogP contribution in [-0.2, 0) is 25.6 Å². The summed E-state index contributed by atoms with van der Waals surface area (Å²) in [6.45, 7) is 8.07. The molecule has 0 aliphatic carbocycles. The molecule has 3 heterocycles. The van der Waals surface area contributed by atoms with Gasteiger partial charge in [0, 0.05) is 25.6 Å². The van der Waals surface area contributed by atoms with Crippen LogP contribution in [0.15, 0.2) is 60.8 Å². The molecule has 0 saturated carbocycles. The molecule has 45 heavy (non-hydrogen) atoms. The fourth-order valence-electron chi connectivity index (χ4n) is 6.07. The quantitative estimate of drug-likeness (QED) is 0.398. The van der Waals surface area contributed by atoms with E-state index in [1.165, 1.54) is 4.90 Å². The van der Waals surface area contributed by atoms with Crippen LogP contribution in [0.4, 0.5) is 0 Å². The Balaban J connectivity index is 1.66. The van der Waals surface area contributed by atoms with Crippen molar-refractivity contribution in [1.82, 2.24) is 25.8 Å². The number of rotatable bonds is 9. The van der Waals surface area contributed by atoms with Gasteiger partial charge >= 0.3 is 0 Å². The van der Waals surface area contributed by atoms with Crippen LogP contribution in [0.3, 0.4) is 0 Å². The van der Waals surface area contributed by atoms with Crippen LogP contribution in [0.5, 0.6) is 5.75 Å². The first-order valence-electron chi connectivity index (χ1n) is 15.8. The summed E-state index contributed by atoms with van der Waals surface area (Å²) in [5.74, 6) is -1.03. The van der Waals surface area contributed by atoms with Gasteiger partial charge in [-0.15, -0.1) is 0 Å². The number of fused-ring (bicyclic) bond motifs is 7. The number of amides is 4. The minimum absolute atomic E-state index is 0.0757. The number of nitrogens with one attached hydrogen (secondary N) is 3. The first kappa shape index (κ1) is 33.7. The Labute approximate surface area is 266 Å². The van der Waals surface area contributed by atoms with Gasteiger partial charge in [-0.1, -0.05) is 76.6 Å². The predicted molar refractivity (Wildman–Crippen MR) is 174 cm³/mol. The standard InChI is InChI=1S/C35H47N5O5/c1-7-23(4)30(39(5)6)33(42)38-29(22(2)3)35(44)40-20-18-28-31(40)34(43)37-27(21-25-11-9-8-10-12-25)32(41)36-19-17-24-13-15-26(45-28)16-14-24/h8-17,19,22-23,27-31H,7,18,20-21H2,1-6H3,(H,36,41)(H,37,43)(H,38,42)/t23-,27+,28-,29-,30-,31-/m0/s1. The fourth-order valence-corrected chi connectivity index (χ4v) is 6.07. The summed E-state index contributed by atoms with van der Waals surface area (Å²) in [6.07, 6.45) is 4.15. The Morgan fingerprint density at radius 3 is 2.33 bits per heavy atom. The molecule has 0 spiro atoms. The van der Waals surface area contributed by atoms with Crippen LogP contribution in [-0.4, -0.2) is 84.3 Å². The zero-order valence-electron chi connectivity index (χ0n) is 27.2. The van der Waals surface area contributed by atoms with Gasteiger partial charge in [-0.25, -0.2) is 0 Å². The van der Waals surface area contributed by atoms with Crippen LogP contribution in [0.25, 0.3) is 6.08 Å². The highest BCUT2D eigenvalue weighted by Gasteiger charge is 2.47. The summed E-state index contributed by atoms with van der Waals surface area (Å²) >= 11 is 0. The van der Waals surface area contributed by atoms with Crippen molar-refractivity contribution in [3.8, 4) is 5.75 Å². The first-order valence-corrected chi connectivity index (χ1v) is 15.8. The van der Waals surface area contributed by atoms with Gasteiger partial charge in [-0.3, -0.25) is 24.1 Å². The zero-order valence-corrected chi connectivity index (χ0v) is 27.2. The molecule has 0 radical (unpaired) electrons. The summed E-state index contributed by atoms with van der Waals surface area (Å²) in [5.41, 5.74) is 1.75. The van der Waals surface area contributed by atoms with E-state index < -0.39 is 36.2 Å². The van der Waals surface area contributed by atoms with E-state index in [4.69, 9.17) is 4.74 Å². The summed E-state index contributed by atoms with van der Waals surface area (Å²) < 4.78 is 6.33. The number of nitrogens with zero attached hydrogens (tertiary/aromatic N) is 2. The first-order chi connectivity index (χ1) is 21.5. The van der Waals surface area contributed by atoms with Gasteiger partial charge in [-0.2, -0.15) is 0 Å². The molecule has 0 unspecified atom stereocenters. The molecule has 0 aromatic heterocycles. The monoisotopic (exact) mass is 617 g/mol. The minimum Gasteiger partial charge on any atom is -0.488 e. The highest BCUT2D eigenvalue weighted by molar-refractivity contribution is 5.96. The van der Waals surface area contributed by atoms with Crippen LogP contribution in [0, 0.1) is 11.8 Å². The lowest BCUT2D eigenvalue weighted by atomic mass is 9.95. The van der Waals surface area contributed by atoms with Crippen LogP contribution in [0.2, 0.25) is 0 Å². The number of ether oxygens (including phenoxy) is 1. The molecule has 5 rings (SSSR count). The number of carbonyl (C=O) groups is 4. The van der Waals surface area contributed by atoms with E-state index in [1.54, 1.807) is 24.4 Å². The number of hydrogen-bond donors (Lipinski definition) is 3. The second-order valence-electron chi connectivity index (χ2n) is 12.6. The largest absolute Gasteiger partial charge is 0.488 e. The molecule has 3 aliphatic heterocycles. The van der Waals surface area contributed by atoms with Crippen LogP contribution >= 0.6 is 0 Å². The topological polar surface area (TPSA) is 120 Å². The van der Waals surface area contributed by atoms with Crippen molar-refractivity contribution >= 4 is 29.7 Å². The molecular formula is C35H47N5O5. The van der Waals surface area contributed by atoms with Gasteiger partial charge in [0.15, 0.2) is 0 Å². The second-order valence-corrected chi connectivity index (χ2v) is 12.6. The maximum absolute atomic E-state index is 14.3. The maximum atomic E-state index is 14.3. The molecule has 4 amide bonds. The lowest BCUT2D eigenvalue weighted by Crippen LogP contribution is -2.61. The third-order valence-corrected chi connectivity index (χ3v) is 8.72. The van der Waals surface area contributed by atoms with Gasteiger partial charge < -0.3 is 25.6 Å². The fraction of sp³-hybridized carbons (Fsp3) is 0.486.